The van der Waals surface area contributed by atoms with E-state index >= 15 is 0 Å². The van der Waals surface area contributed by atoms with Gasteiger partial charge in [-0.2, -0.15) is 13.2 Å². The number of aromatic amines is 2. The van der Waals surface area contributed by atoms with E-state index in [2.05, 4.69) is 15.3 Å². The van der Waals surface area contributed by atoms with E-state index in [4.69, 9.17) is 14.4 Å². The average molecular weight is 355 g/mol. The monoisotopic (exact) mass is 355 g/mol. The van der Waals surface area contributed by atoms with Crippen molar-refractivity contribution in [3.63, 3.8) is 0 Å². The number of H-pyrrole nitrogens is 2. The molecule has 128 valence electrons. The molecule has 0 bridgehead atoms. The van der Waals surface area contributed by atoms with Crippen LogP contribution in [0.2, 0.25) is 0 Å². The number of nitrogens with one attached hydrogen (secondary N) is 3. The van der Waals surface area contributed by atoms with Crippen molar-refractivity contribution in [3.8, 4) is 0 Å². The van der Waals surface area contributed by atoms with Crippen molar-refractivity contribution in [1.29, 1.82) is 0 Å². The molecule has 2 rings (SSSR count). The number of benzene rings is 1. The summed E-state index contributed by atoms with van der Waals surface area (Å²) in [5.41, 5.74) is -2.38. The fourth-order valence-electron chi connectivity index (χ4n) is 1.79. The SMILES string of the molecule is CNCc1cc(C(F)(F)F)cc2[nH]c(=O)c(=O)[nH]c12.O=[PH](O)O. The van der Waals surface area contributed by atoms with Crippen LogP contribution in [0.5, 0.6) is 0 Å². The molecular formula is C11H13F3N3O5P. The molecule has 12 heteroatoms. The topological polar surface area (TPSA) is 135 Å². The summed E-state index contributed by atoms with van der Waals surface area (Å²) >= 11 is 0. The highest BCUT2D eigenvalue weighted by Gasteiger charge is 2.31. The molecule has 1 aromatic heterocycles. The first-order valence-corrected chi connectivity index (χ1v) is 7.29. The third kappa shape index (κ3) is 5.32. The molecule has 23 heavy (non-hydrogen) atoms. The Balaban J connectivity index is 0.000000593. The zero-order chi connectivity index (χ0) is 17.8. The molecule has 0 aliphatic carbocycles. The van der Waals surface area contributed by atoms with Crippen molar-refractivity contribution >= 4 is 19.3 Å². The van der Waals surface area contributed by atoms with Crippen LogP contribution in [0.4, 0.5) is 13.2 Å². The molecule has 0 spiro atoms. The zero-order valence-electron chi connectivity index (χ0n) is 11.6. The van der Waals surface area contributed by atoms with Gasteiger partial charge in [0.1, 0.15) is 0 Å². The van der Waals surface area contributed by atoms with Crippen LogP contribution in [-0.4, -0.2) is 26.8 Å². The van der Waals surface area contributed by atoms with E-state index in [9.17, 15) is 22.8 Å². The van der Waals surface area contributed by atoms with Gasteiger partial charge in [0.2, 0.25) is 0 Å². The highest BCUT2D eigenvalue weighted by Crippen LogP contribution is 2.31. The van der Waals surface area contributed by atoms with Gasteiger partial charge in [-0.05, 0) is 24.7 Å². The Bertz CT molecular complexity index is 826. The molecule has 0 saturated carbocycles. The first kappa shape index (κ1) is 19.1. The van der Waals surface area contributed by atoms with Gasteiger partial charge in [0.15, 0.2) is 0 Å². The number of alkyl halides is 3. The molecule has 5 N–H and O–H groups in total. The molecule has 0 atom stereocenters. The van der Waals surface area contributed by atoms with Gasteiger partial charge >= 0.3 is 25.5 Å². The molecule has 0 radical (unpaired) electrons. The lowest BCUT2D eigenvalue weighted by Crippen LogP contribution is -2.29. The first-order chi connectivity index (χ1) is 10.6. The molecule has 0 fully saturated rings. The smallest absolute Gasteiger partial charge is 0.326 e. The third-order valence-corrected chi connectivity index (χ3v) is 2.61. The van der Waals surface area contributed by atoms with Gasteiger partial charge in [-0.15, -0.1) is 0 Å². The van der Waals surface area contributed by atoms with Crippen LogP contribution < -0.4 is 16.4 Å². The molecule has 0 amide bonds. The average Bonchev–Trinajstić information content (AvgIpc) is 2.39. The van der Waals surface area contributed by atoms with Crippen molar-refractivity contribution in [3.05, 3.63) is 44.0 Å². The second kappa shape index (κ2) is 7.55. The van der Waals surface area contributed by atoms with Crippen molar-refractivity contribution < 1.29 is 27.5 Å². The summed E-state index contributed by atoms with van der Waals surface area (Å²) in [6, 6.07) is 1.74. The van der Waals surface area contributed by atoms with Gasteiger partial charge in [0.25, 0.3) is 0 Å². The number of hydrogen-bond donors (Lipinski definition) is 5. The number of fused-ring (bicyclic) bond motifs is 1. The third-order valence-electron chi connectivity index (χ3n) is 2.61. The minimum Gasteiger partial charge on any atom is -0.326 e. The Morgan fingerprint density at radius 3 is 2.17 bits per heavy atom. The predicted molar refractivity (Wildman–Crippen MR) is 76.4 cm³/mol. The van der Waals surface area contributed by atoms with E-state index in [1.807, 2.05) is 0 Å². The Morgan fingerprint density at radius 2 is 1.70 bits per heavy atom. The van der Waals surface area contributed by atoms with Crippen molar-refractivity contribution in [1.82, 2.24) is 15.3 Å². The zero-order valence-corrected chi connectivity index (χ0v) is 12.6. The lowest BCUT2D eigenvalue weighted by atomic mass is 10.1. The molecule has 0 saturated heterocycles. The summed E-state index contributed by atoms with van der Waals surface area (Å²) in [6.07, 6.45) is -4.52. The standard InChI is InChI=1S/C11H10F3N3O2.H3O3P/c1-15-4-5-2-6(11(12,13)14)3-7-8(5)17-10(19)9(18)16-7;1-4(2)3/h2-3,15H,4H2,1H3,(H,16,18)(H,17,19);4H,(H2,1,2,3). The fourth-order valence-corrected chi connectivity index (χ4v) is 1.79. The largest absolute Gasteiger partial charge is 0.416 e. The molecule has 1 aromatic carbocycles. The molecule has 8 nitrogen and oxygen atoms in total. The summed E-state index contributed by atoms with van der Waals surface area (Å²) in [4.78, 5) is 41.1. The number of aromatic nitrogens is 2. The Hall–Kier alpha value is -1.94. The summed E-state index contributed by atoms with van der Waals surface area (Å²) in [7, 11) is -1.56. The van der Waals surface area contributed by atoms with E-state index in [-0.39, 0.29) is 23.1 Å². The Labute approximate surface area is 126 Å². The second-order valence-corrected chi connectivity index (χ2v) is 4.84. The first-order valence-electron chi connectivity index (χ1n) is 5.99. The Kier molecular flexibility index (Phi) is 6.28. The van der Waals surface area contributed by atoms with Gasteiger partial charge in [-0.1, -0.05) is 0 Å². The summed E-state index contributed by atoms with van der Waals surface area (Å²) in [5.74, 6) is 0. The lowest BCUT2D eigenvalue weighted by Gasteiger charge is -2.11. The second-order valence-electron chi connectivity index (χ2n) is 4.28. The van der Waals surface area contributed by atoms with Gasteiger partial charge in [0.05, 0.1) is 16.6 Å². The van der Waals surface area contributed by atoms with E-state index in [1.54, 1.807) is 7.05 Å². The van der Waals surface area contributed by atoms with Crippen molar-refractivity contribution in [2.24, 2.45) is 0 Å². The predicted octanol–water partition coefficient (Wildman–Crippen LogP) is 0.315. The van der Waals surface area contributed by atoms with Gasteiger partial charge in [-0.25, -0.2) is 0 Å². The molecule has 1 heterocycles. The molecule has 2 aromatic rings. The van der Waals surface area contributed by atoms with Crippen LogP contribution in [0.15, 0.2) is 21.7 Å². The van der Waals surface area contributed by atoms with Crippen LogP contribution in [-0.2, 0) is 17.3 Å². The van der Waals surface area contributed by atoms with Gasteiger partial charge < -0.3 is 25.1 Å². The maximum atomic E-state index is 12.7. The summed E-state index contributed by atoms with van der Waals surface area (Å²) in [6.45, 7) is 0.127. The van der Waals surface area contributed by atoms with Gasteiger partial charge in [-0.3, -0.25) is 14.2 Å². The molecule has 0 unspecified atom stereocenters. The van der Waals surface area contributed by atoms with Crippen LogP contribution in [0.1, 0.15) is 11.1 Å². The quantitative estimate of drug-likeness (QED) is 0.389. The molecule has 0 aliphatic heterocycles. The summed E-state index contributed by atoms with van der Waals surface area (Å²) in [5, 5.41) is 2.71. The number of hydrogen-bond acceptors (Lipinski definition) is 4. The van der Waals surface area contributed by atoms with E-state index in [1.165, 1.54) is 0 Å². The van der Waals surface area contributed by atoms with Crippen LogP contribution in [0.3, 0.4) is 0 Å². The molecule has 0 aliphatic rings. The Morgan fingerprint density at radius 1 is 1.17 bits per heavy atom. The fraction of sp³-hybridized carbons (Fsp3) is 0.273. The lowest BCUT2D eigenvalue weighted by molar-refractivity contribution is -0.137. The van der Waals surface area contributed by atoms with E-state index in [0.717, 1.165) is 12.1 Å². The normalized spacial score (nSPS) is 11.4. The minimum absolute atomic E-state index is 0.0512. The highest BCUT2D eigenvalue weighted by molar-refractivity contribution is 7.30. The maximum Gasteiger partial charge on any atom is 0.416 e. The van der Waals surface area contributed by atoms with Crippen LogP contribution >= 0.6 is 8.25 Å². The summed E-state index contributed by atoms with van der Waals surface area (Å²) < 4.78 is 46.9. The van der Waals surface area contributed by atoms with E-state index in [0.29, 0.717) is 0 Å². The highest BCUT2D eigenvalue weighted by atomic mass is 31.1. The number of rotatable bonds is 2. The van der Waals surface area contributed by atoms with Crippen molar-refractivity contribution in [2.45, 2.75) is 12.7 Å². The number of halogens is 3. The minimum atomic E-state index is -4.52. The van der Waals surface area contributed by atoms with Crippen LogP contribution in [0.25, 0.3) is 11.0 Å². The van der Waals surface area contributed by atoms with Crippen LogP contribution in [0, 0.1) is 0 Å². The van der Waals surface area contributed by atoms with E-state index < -0.39 is 31.1 Å². The van der Waals surface area contributed by atoms with Gasteiger partial charge in [0, 0.05) is 6.54 Å². The van der Waals surface area contributed by atoms with Crippen molar-refractivity contribution in [2.75, 3.05) is 7.05 Å². The maximum absolute atomic E-state index is 12.7. The molecular weight excluding hydrogens is 342 g/mol.